The minimum Gasteiger partial charge on any atom is -0.312 e. The van der Waals surface area contributed by atoms with E-state index in [1.54, 1.807) is 21.6 Å². The molecule has 2 aromatic carbocycles. The molecular formula is C21H24N2O2S. The number of rotatable bonds is 5. The molecule has 0 N–H and O–H groups in total. The minimum atomic E-state index is -0.315. The van der Waals surface area contributed by atoms with Gasteiger partial charge in [-0.15, -0.1) is 11.8 Å². The molecule has 1 saturated heterocycles. The third kappa shape index (κ3) is 3.78. The number of carbonyl (C=O) groups is 2. The Morgan fingerprint density at radius 1 is 1.12 bits per heavy atom. The second kappa shape index (κ2) is 7.96. The predicted octanol–water partition coefficient (Wildman–Crippen LogP) is 4.20. The summed E-state index contributed by atoms with van der Waals surface area (Å²) >= 11 is 1.67. The van der Waals surface area contributed by atoms with Gasteiger partial charge in [0, 0.05) is 35.3 Å². The number of carbonyl (C=O) groups excluding carboxylic acids is 2. The maximum Gasteiger partial charge on any atom is 0.232 e. The fraction of sp³-hybridized carbons (Fsp3) is 0.333. The van der Waals surface area contributed by atoms with E-state index in [1.165, 1.54) is 0 Å². The fourth-order valence-corrected chi connectivity index (χ4v) is 3.76. The van der Waals surface area contributed by atoms with Gasteiger partial charge in [-0.3, -0.25) is 9.59 Å². The van der Waals surface area contributed by atoms with E-state index >= 15 is 0 Å². The Bertz CT molecular complexity index is 774. The van der Waals surface area contributed by atoms with Gasteiger partial charge in [-0.2, -0.15) is 0 Å². The molecular weight excluding hydrogens is 344 g/mol. The normalized spacial score (nSPS) is 17.0. The van der Waals surface area contributed by atoms with Crippen LogP contribution in [0.25, 0.3) is 0 Å². The quantitative estimate of drug-likeness (QED) is 0.743. The molecule has 1 heterocycles. The van der Waals surface area contributed by atoms with Crippen molar-refractivity contribution in [3.63, 3.8) is 0 Å². The van der Waals surface area contributed by atoms with E-state index in [1.807, 2.05) is 74.7 Å². The lowest BCUT2D eigenvalue weighted by Crippen LogP contribution is -2.42. The summed E-state index contributed by atoms with van der Waals surface area (Å²) in [5, 5.41) is 0. The van der Waals surface area contributed by atoms with E-state index in [0.29, 0.717) is 6.54 Å². The Morgan fingerprint density at radius 3 is 2.35 bits per heavy atom. The van der Waals surface area contributed by atoms with E-state index in [4.69, 9.17) is 0 Å². The highest BCUT2D eigenvalue weighted by Gasteiger charge is 2.38. The van der Waals surface area contributed by atoms with Gasteiger partial charge in [-0.05, 0) is 56.5 Å². The second-order valence-corrected chi connectivity index (χ2v) is 7.62. The summed E-state index contributed by atoms with van der Waals surface area (Å²) in [6, 6.07) is 17.6. The summed E-state index contributed by atoms with van der Waals surface area (Å²) in [6.45, 7) is 4.44. The Morgan fingerprint density at radius 2 is 1.77 bits per heavy atom. The molecule has 26 heavy (non-hydrogen) atoms. The molecule has 0 bridgehead atoms. The number of benzene rings is 2. The maximum absolute atomic E-state index is 13.2. The average Bonchev–Trinajstić information content (AvgIpc) is 3.04. The third-order valence-electron chi connectivity index (χ3n) is 4.65. The number of para-hydroxylation sites is 1. The van der Waals surface area contributed by atoms with E-state index in [2.05, 4.69) is 0 Å². The first-order chi connectivity index (χ1) is 12.5. The van der Waals surface area contributed by atoms with Crippen LogP contribution < -0.4 is 9.80 Å². The van der Waals surface area contributed by atoms with Crippen molar-refractivity contribution in [2.45, 2.75) is 31.2 Å². The summed E-state index contributed by atoms with van der Waals surface area (Å²) in [6.07, 6.45) is 2.29. The zero-order chi connectivity index (χ0) is 18.7. The third-order valence-corrected chi connectivity index (χ3v) is 5.39. The van der Waals surface area contributed by atoms with Crippen LogP contribution in [0.5, 0.6) is 0 Å². The molecule has 1 aliphatic heterocycles. The zero-order valence-electron chi connectivity index (χ0n) is 15.4. The highest BCUT2D eigenvalue weighted by atomic mass is 32.2. The molecule has 1 aliphatic rings. The highest BCUT2D eigenvalue weighted by Crippen LogP contribution is 2.30. The van der Waals surface area contributed by atoms with Crippen molar-refractivity contribution >= 4 is 35.0 Å². The van der Waals surface area contributed by atoms with Gasteiger partial charge >= 0.3 is 0 Å². The van der Waals surface area contributed by atoms with E-state index in [0.717, 1.165) is 16.3 Å². The summed E-state index contributed by atoms with van der Waals surface area (Å²) in [7, 11) is 0. The molecule has 0 spiro atoms. The summed E-state index contributed by atoms with van der Waals surface area (Å²) < 4.78 is 0. The van der Waals surface area contributed by atoms with Crippen LogP contribution in [-0.4, -0.2) is 30.7 Å². The van der Waals surface area contributed by atoms with Crippen molar-refractivity contribution in [1.29, 1.82) is 0 Å². The number of hydrogen-bond donors (Lipinski definition) is 0. The number of anilines is 2. The zero-order valence-corrected chi connectivity index (χ0v) is 16.2. The molecule has 3 rings (SSSR count). The van der Waals surface area contributed by atoms with Crippen molar-refractivity contribution in [3.8, 4) is 0 Å². The van der Waals surface area contributed by atoms with Crippen LogP contribution in [0.3, 0.4) is 0 Å². The number of hydrogen-bond acceptors (Lipinski definition) is 3. The van der Waals surface area contributed by atoms with Crippen LogP contribution in [0.15, 0.2) is 59.5 Å². The van der Waals surface area contributed by atoms with Gasteiger partial charge < -0.3 is 9.80 Å². The topological polar surface area (TPSA) is 40.6 Å². The van der Waals surface area contributed by atoms with Crippen molar-refractivity contribution in [2.24, 2.45) is 5.92 Å². The molecule has 136 valence electrons. The number of amides is 2. The Labute approximate surface area is 159 Å². The van der Waals surface area contributed by atoms with E-state index < -0.39 is 0 Å². The van der Waals surface area contributed by atoms with E-state index in [9.17, 15) is 9.59 Å². The van der Waals surface area contributed by atoms with Crippen molar-refractivity contribution in [2.75, 3.05) is 22.6 Å². The van der Waals surface area contributed by atoms with Crippen molar-refractivity contribution < 1.29 is 9.59 Å². The van der Waals surface area contributed by atoms with Crippen LogP contribution in [0.4, 0.5) is 11.4 Å². The van der Waals surface area contributed by atoms with Crippen LogP contribution in [-0.2, 0) is 9.59 Å². The number of nitrogens with zero attached hydrogens (tertiary/aromatic N) is 2. The molecule has 0 aliphatic carbocycles. The first-order valence-electron chi connectivity index (χ1n) is 8.83. The molecule has 5 heteroatoms. The Balaban J connectivity index is 1.79. The summed E-state index contributed by atoms with van der Waals surface area (Å²) in [5.41, 5.74) is 1.74. The van der Waals surface area contributed by atoms with Crippen LogP contribution in [0.1, 0.15) is 20.3 Å². The molecule has 0 radical (unpaired) electrons. The molecule has 0 aromatic heterocycles. The largest absolute Gasteiger partial charge is 0.312 e. The molecule has 2 aromatic rings. The van der Waals surface area contributed by atoms with Gasteiger partial charge in [0.05, 0.1) is 5.92 Å². The second-order valence-electron chi connectivity index (χ2n) is 6.74. The molecule has 0 saturated carbocycles. The molecule has 2 amide bonds. The smallest absolute Gasteiger partial charge is 0.232 e. The van der Waals surface area contributed by atoms with Gasteiger partial charge in [-0.1, -0.05) is 18.2 Å². The van der Waals surface area contributed by atoms with E-state index in [-0.39, 0.29) is 30.2 Å². The Kier molecular flexibility index (Phi) is 5.67. The minimum absolute atomic E-state index is 0.0111. The monoisotopic (exact) mass is 368 g/mol. The average molecular weight is 369 g/mol. The first kappa shape index (κ1) is 18.5. The van der Waals surface area contributed by atoms with Gasteiger partial charge in [0.2, 0.25) is 11.8 Å². The Hall–Kier alpha value is -2.27. The highest BCUT2D eigenvalue weighted by molar-refractivity contribution is 7.98. The standard InChI is InChI=1S/C21H24N2O2S/c1-15(2)23(18-7-5-4-6-8-18)21(25)16-13-20(24)22(14-16)17-9-11-19(26-3)12-10-17/h4-12,15-16H,13-14H2,1-3H3. The predicted molar refractivity (Wildman–Crippen MR) is 108 cm³/mol. The van der Waals surface area contributed by atoms with Gasteiger partial charge in [0.25, 0.3) is 0 Å². The molecule has 1 fully saturated rings. The maximum atomic E-state index is 13.2. The van der Waals surface area contributed by atoms with Crippen LogP contribution in [0.2, 0.25) is 0 Å². The van der Waals surface area contributed by atoms with Crippen molar-refractivity contribution in [1.82, 2.24) is 0 Å². The molecule has 1 unspecified atom stereocenters. The van der Waals surface area contributed by atoms with Crippen LogP contribution in [0, 0.1) is 5.92 Å². The molecule has 4 nitrogen and oxygen atoms in total. The SMILES string of the molecule is CSc1ccc(N2CC(C(=O)N(c3ccccc3)C(C)C)CC2=O)cc1. The van der Waals surface area contributed by atoms with Gasteiger partial charge in [-0.25, -0.2) is 0 Å². The van der Waals surface area contributed by atoms with Crippen LogP contribution >= 0.6 is 11.8 Å². The fourth-order valence-electron chi connectivity index (χ4n) is 3.35. The van der Waals surface area contributed by atoms with Crippen molar-refractivity contribution in [3.05, 3.63) is 54.6 Å². The number of thioether (sulfide) groups is 1. The summed E-state index contributed by atoms with van der Waals surface area (Å²) in [4.78, 5) is 30.4. The first-order valence-corrected chi connectivity index (χ1v) is 10.1. The summed E-state index contributed by atoms with van der Waals surface area (Å²) in [5.74, 6) is -0.287. The molecule has 1 atom stereocenters. The lowest BCUT2D eigenvalue weighted by Gasteiger charge is -2.29. The van der Waals surface area contributed by atoms with Gasteiger partial charge in [0.15, 0.2) is 0 Å². The lowest BCUT2D eigenvalue weighted by atomic mass is 10.1. The lowest BCUT2D eigenvalue weighted by molar-refractivity contribution is -0.124. The van der Waals surface area contributed by atoms with Gasteiger partial charge in [0.1, 0.15) is 0 Å².